The Kier molecular flexibility index (Phi) is 2.12. The van der Waals surface area contributed by atoms with Gasteiger partial charge in [0.1, 0.15) is 5.75 Å². The molecule has 76 valence electrons. The Balaban J connectivity index is 2.87. The first kappa shape index (κ1) is 9.93. The quantitative estimate of drug-likeness (QED) is 0.733. The number of carbonyl (C=O) groups excluding carboxylic acids is 2. The minimum Gasteiger partial charge on any atom is -0.507 e. The van der Waals surface area contributed by atoms with Crippen LogP contribution in [0.5, 0.6) is 5.75 Å². The van der Waals surface area contributed by atoms with Crippen LogP contribution in [0.25, 0.3) is 0 Å². The molecular formula is C11H7ClO3. The van der Waals surface area contributed by atoms with Crippen molar-refractivity contribution in [2.75, 3.05) is 0 Å². The molecule has 0 unspecified atom stereocenters. The zero-order valence-corrected chi connectivity index (χ0v) is 8.63. The first-order valence-electron chi connectivity index (χ1n) is 4.31. The maximum absolute atomic E-state index is 11.5. The highest BCUT2D eigenvalue weighted by molar-refractivity contribution is 6.38. The molecule has 3 nitrogen and oxygen atoms in total. The van der Waals surface area contributed by atoms with Gasteiger partial charge >= 0.3 is 0 Å². The summed E-state index contributed by atoms with van der Waals surface area (Å²) >= 11 is 5.93. The highest BCUT2D eigenvalue weighted by Crippen LogP contribution is 2.34. The number of allylic oxidation sites excluding steroid dienone is 2. The molecule has 0 atom stereocenters. The van der Waals surface area contributed by atoms with Crippen LogP contribution in [-0.4, -0.2) is 16.7 Å². The van der Waals surface area contributed by atoms with Gasteiger partial charge in [0, 0.05) is 0 Å². The number of aromatic hydroxyl groups is 1. The Morgan fingerprint density at radius 2 is 1.67 bits per heavy atom. The van der Waals surface area contributed by atoms with Crippen molar-refractivity contribution >= 4 is 23.2 Å². The van der Waals surface area contributed by atoms with Crippen LogP contribution in [0.2, 0.25) is 5.02 Å². The van der Waals surface area contributed by atoms with Crippen LogP contribution in [0.3, 0.4) is 0 Å². The number of rotatable bonds is 0. The molecule has 1 aromatic carbocycles. The average molecular weight is 223 g/mol. The molecule has 0 saturated heterocycles. The molecule has 1 N–H and O–H groups in total. The fraction of sp³-hybridized carbons (Fsp3) is 0.0909. The van der Waals surface area contributed by atoms with Gasteiger partial charge in [-0.15, -0.1) is 0 Å². The van der Waals surface area contributed by atoms with E-state index >= 15 is 0 Å². The first-order chi connectivity index (χ1) is 7.02. The Morgan fingerprint density at radius 3 is 2.27 bits per heavy atom. The number of halogens is 1. The first-order valence-corrected chi connectivity index (χ1v) is 4.69. The molecule has 1 aromatic rings. The van der Waals surface area contributed by atoms with Crippen LogP contribution >= 0.6 is 11.6 Å². The highest BCUT2D eigenvalue weighted by Gasteiger charge is 2.26. The van der Waals surface area contributed by atoms with Gasteiger partial charge < -0.3 is 5.11 Å². The van der Waals surface area contributed by atoms with Crippen LogP contribution in [0.4, 0.5) is 0 Å². The van der Waals surface area contributed by atoms with E-state index in [0.29, 0.717) is 5.56 Å². The molecule has 0 aliphatic heterocycles. The topological polar surface area (TPSA) is 54.4 Å². The smallest absolute Gasteiger partial charge is 0.190 e. The van der Waals surface area contributed by atoms with Gasteiger partial charge in [-0.05, 0) is 30.7 Å². The van der Waals surface area contributed by atoms with Crippen LogP contribution in [0.15, 0.2) is 18.2 Å². The number of carbonyl (C=O) groups is 2. The van der Waals surface area contributed by atoms with Crippen LogP contribution < -0.4 is 0 Å². The van der Waals surface area contributed by atoms with Crippen molar-refractivity contribution in [3.8, 4) is 5.75 Å². The van der Waals surface area contributed by atoms with E-state index in [2.05, 4.69) is 0 Å². The molecule has 1 aliphatic rings. The van der Waals surface area contributed by atoms with Crippen LogP contribution in [0, 0.1) is 6.92 Å². The zero-order valence-electron chi connectivity index (χ0n) is 7.87. The lowest BCUT2D eigenvalue weighted by molar-refractivity contribution is 0.0991. The second-order valence-electron chi connectivity index (χ2n) is 3.34. The molecule has 0 fully saturated rings. The van der Waals surface area contributed by atoms with E-state index < -0.39 is 5.78 Å². The summed E-state index contributed by atoms with van der Waals surface area (Å²) in [5.41, 5.74) is 0.670. The number of hydrogen-bond donors (Lipinski definition) is 1. The second kappa shape index (κ2) is 3.21. The van der Waals surface area contributed by atoms with Crippen LogP contribution in [-0.2, 0) is 0 Å². The Labute approximate surface area is 91.0 Å². The van der Waals surface area contributed by atoms with E-state index in [1.165, 1.54) is 6.07 Å². The van der Waals surface area contributed by atoms with Gasteiger partial charge in [-0.25, -0.2) is 0 Å². The van der Waals surface area contributed by atoms with Gasteiger partial charge in [0.15, 0.2) is 11.6 Å². The SMILES string of the molecule is Cc1cc(O)c2c(c1Cl)C(=O)C=CC2=O. The van der Waals surface area contributed by atoms with Gasteiger partial charge in [0.25, 0.3) is 0 Å². The normalized spacial score (nSPS) is 14.3. The Morgan fingerprint density at radius 1 is 1.13 bits per heavy atom. The molecule has 15 heavy (non-hydrogen) atoms. The molecule has 0 bridgehead atoms. The minimum atomic E-state index is -0.399. The third-order valence-corrected chi connectivity index (χ3v) is 2.79. The fourth-order valence-corrected chi connectivity index (χ4v) is 1.82. The molecule has 0 radical (unpaired) electrons. The lowest BCUT2D eigenvalue weighted by Gasteiger charge is -2.13. The summed E-state index contributed by atoms with van der Waals surface area (Å²) < 4.78 is 0. The highest BCUT2D eigenvalue weighted by atomic mass is 35.5. The molecule has 0 heterocycles. The van der Waals surface area contributed by atoms with Crippen LogP contribution in [0.1, 0.15) is 26.3 Å². The number of phenolic OH excluding ortho intramolecular Hbond substituents is 1. The molecule has 2 rings (SSSR count). The van der Waals surface area contributed by atoms with E-state index in [-0.39, 0.29) is 27.7 Å². The number of phenols is 1. The van der Waals surface area contributed by atoms with Crippen molar-refractivity contribution in [1.29, 1.82) is 0 Å². The predicted molar refractivity (Wildman–Crippen MR) is 55.7 cm³/mol. The van der Waals surface area contributed by atoms with E-state index in [4.69, 9.17) is 11.6 Å². The largest absolute Gasteiger partial charge is 0.507 e. The molecule has 0 spiro atoms. The Hall–Kier alpha value is -1.61. The van der Waals surface area contributed by atoms with Gasteiger partial charge in [-0.2, -0.15) is 0 Å². The summed E-state index contributed by atoms with van der Waals surface area (Å²) in [6.45, 7) is 1.67. The fourth-order valence-electron chi connectivity index (χ4n) is 1.57. The summed E-state index contributed by atoms with van der Waals surface area (Å²) in [5.74, 6) is -0.952. The van der Waals surface area contributed by atoms with E-state index in [0.717, 1.165) is 12.2 Å². The summed E-state index contributed by atoms with van der Waals surface area (Å²) in [5, 5.41) is 9.81. The van der Waals surface area contributed by atoms with Crippen molar-refractivity contribution < 1.29 is 14.7 Å². The minimum absolute atomic E-state index is 0.00176. The Bertz CT molecular complexity index is 515. The van der Waals surface area contributed by atoms with Crippen molar-refractivity contribution in [2.45, 2.75) is 6.92 Å². The van der Waals surface area contributed by atoms with Gasteiger partial charge in [0.2, 0.25) is 0 Å². The maximum atomic E-state index is 11.5. The maximum Gasteiger partial charge on any atom is 0.190 e. The predicted octanol–water partition coefficient (Wildman–Crippen LogP) is 2.29. The van der Waals surface area contributed by atoms with Crippen molar-refractivity contribution in [3.05, 3.63) is 39.9 Å². The standard InChI is InChI=1S/C11H7ClO3/c1-5-4-8(15)9-6(13)2-3-7(14)10(9)11(5)12/h2-4,15H,1H3. The summed E-state index contributed by atoms with van der Waals surface area (Å²) in [7, 11) is 0. The third-order valence-electron chi connectivity index (χ3n) is 2.30. The number of hydrogen-bond acceptors (Lipinski definition) is 3. The van der Waals surface area contributed by atoms with E-state index in [1.807, 2.05) is 0 Å². The molecule has 0 saturated carbocycles. The van der Waals surface area contributed by atoms with Crippen molar-refractivity contribution in [2.24, 2.45) is 0 Å². The molecule has 0 aromatic heterocycles. The average Bonchev–Trinajstić information content (AvgIpc) is 2.18. The monoisotopic (exact) mass is 222 g/mol. The van der Waals surface area contributed by atoms with Gasteiger partial charge in [-0.1, -0.05) is 11.6 Å². The second-order valence-corrected chi connectivity index (χ2v) is 3.72. The lowest BCUT2D eigenvalue weighted by atomic mass is 9.92. The van der Waals surface area contributed by atoms with E-state index in [1.54, 1.807) is 6.92 Å². The van der Waals surface area contributed by atoms with Gasteiger partial charge in [-0.3, -0.25) is 9.59 Å². The molecular weight excluding hydrogens is 216 g/mol. The summed E-state index contributed by atoms with van der Waals surface area (Å²) in [6.07, 6.45) is 2.30. The molecule has 4 heteroatoms. The lowest BCUT2D eigenvalue weighted by Crippen LogP contribution is -2.13. The van der Waals surface area contributed by atoms with E-state index in [9.17, 15) is 14.7 Å². The summed E-state index contributed by atoms with van der Waals surface area (Å²) in [6, 6.07) is 1.38. The number of benzene rings is 1. The summed E-state index contributed by atoms with van der Waals surface area (Å²) in [4.78, 5) is 23.0. The number of ketones is 2. The van der Waals surface area contributed by atoms with Crippen molar-refractivity contribution in [3.63, 3.8) is 0 Å². The van der Waals surface area contributed by atoms with Crippen molar-refractivity contribution in [1.82, 2.24) is 0 Å². The third kappa shape index (κ3) is 1.36. The number of fused-ring (bicyclic) bond motifs is 1. The molecule has 1 aliphatic carbocycles. The molecule has 0 amide bonds. The zero-order chi connectivity index (χ0) is 11.2. The van der Waals surface area contributed by atoms with Gasteiger partial charge in [0.05, 0.1) is 16.1 Å². The number of aryl methyl sites for hydroxylation is 1.